The second-order valence-electron chi connectivity index (χ2n) is 7.69. The minimum absolute atomic E-state index is 0.306. The zero-order valence-electron chi connectivity index (χ0n) is 18.8. The number of anilines is 1. The van der Waals surface area contributed by atoms with Crippen molar-refractivity contribution in [1.82, 2.24) is 20.4 Å². The first kappa shape index (κ1) is 21.5. The van der Waals surface area contributed by atoms with Gasteiger partial charge in [-0.2, -0.15) is 5.10 Å². The van der Waals surface area contributed by atoms with Crippen molar-refractivity contribution in [2.45, 2.75) is 19.0 Å². The molecule has 0 amide bonds. The number of aliphatic imine (C=N–C) groups is 1. The van der Waals surface area contributed by atoms with Crippen molar-refractivity contribution < 1.29 is 9.47 Å². The molecule has 2 heterocycles. The fourth-order valence-corrected chi connectivity index (χ4v) is 3.85. The van der Waals surface area contributed by atoms with E-state index < -0.39 is 0 Å². The number of hydrogen-bond acceptors (Lipinski definition) is 5. The summed E-state index contributed by atoms with van der Waals surface area (Å²) < 4.78 is 12.7. The van der Waals surface area contributed by atoms with Crippen LogP contribution < -0.4 is 25.0 Å². The number of ether oxygens (including phenoxy) is 2. The number of nitrogens with zero attached hydrogens (tertiary/aromatic N) is 4. The Kier molecular flexibility index (Phi) is 6.79. The summed E-state index contributed by atoms with van der Waals surface area (Å²) in [6.07, 6.45) is 4.74. The van der Waals surface area contributed by atoms with Crippen molar-refractivity contribution in [1.29, 1.82) is 0 Å². The molecule has 2 N–H and O–H groups in total. The van der Waals surface area contributed by atoms with Crippen LogP contribution in [0.4, 0.5) is 5.69 Å². The molecule has 8 heteroatoms. The third-order valence-electron chi connectivity index (χ3n) is 5.62. The van der Waals surface area contributed by atoms with E-state index in [1.165, 1.54) is 5.56 Å². The molecule has 1 saturated heterocycles. The molecular formula is C24H30N6O2. The summed E-state index contributed by atoms with van der Waals surface area (Å²) in [6, 6.07) is 16.5. The molecule has 3 aromatic rings. The van der Waals surface area contributed by atoms with E-state index in [0.717, 1.165) is 48.3 Å². The first-order valence-corrected chi connectivity index (χ1v) is 10.7. The van der Waals surface area contributed by atoms with Gasteiger partial charge in [-0.3, -0.25) is 4.99 Å². The minimum atomic E-state index is 0.306. The van der Waals surface area contributed by atoms with E-state index in [1.807, 2.05) is 35.1 Å². The van der Waals surface area contributed by atoms with Gasteiger partial charge in [0.1, 0.15) is 11.5 Å². The van der Waals surface area contributed by atoms with Crippen LogP contribution in [0.25, 0.3) is 5.69 Å². The summed E-state index contributed by atoms with van der Waals surface area (Å²) in [5.74, 6) is 2.40. The van der Waals surface area contributed by atoms with Crippen LogP contribution in [0.2, 0.25) is 0 Å². The molecule has 1 unspecified atom stereocenters. The number of rotatable bonds is 7. The Bertz CT molecular complexity index is 1010. The Balaban J connectivity index is 1.31. The average molecular weight is 435 g/mol. The van der Waals surface area contributed by atoms with Crippen LogP contribution in [-0.2, 0) is 6.54 Å². The Hall–Kier alpha value is -3.68. The van der Waals surface area contributed by atoms with Gasteiger partial charge >= 0.3 is 0 Å². The molecule has 2 aromatic carbocycles. The van der Waals surface area contributed by atoms with Gasteiger partial charge in [-0.15, -0.1) is 0 Å². The molecule has 4 rings (SSSR count). The lowest BCUT2D eigenvalue weighted by molar-refractivity contribution is 0.394. The number of aromatic nitrogens is 2. The smallest absolute Gasteiger partial charge is 0.191 e. The van der Waals surface area contributed by atoms with Crippen LogP contribution in [0.1, 0.15) is 12.0 Å². The van der Waals surface area contributed by atoms with Crippen molar-refractivity contribution >= 4 is 11.6 Å². The standard InChI is InChI=1S/C24H30N6O2/c1-25-24(26-16-18-5-7-20(8-6-18)30-11-4-10-27-30)28-19-9-12-29(17-19)21-13-22(31-2)15-23(14-21)32-3/h4-8,10-11,13-15,19H,9,12,16-17H2,1-3H3,(H2,25,26,28). The van der Waals surface area contributed by atoms with Crippen LogP contribution in [-0.4, -0.2) is 56.1 Å². The quantitative estimate of drug-likeness (QED) is 0.440. The zero-order chi connectivity index (χ0) is 22.3. The summed E-state index contributed by atoms with van der Waals surface area (Å²) in [5.41, 5.74) is 3.33. The highest BCUT2D eigenvalue weighted by Crippen LogP contribution is 2.30. The number of benzene rings is 2. The van der Waals surface area contributed by atoms with Crippen molar-refractivity contribution in [3.8, 4) is 17.2 Å². The van der Waals surface area contributed by atoms with Crippen LogP contribution in [0.15, 0.2) is 65.9 Å². The molecule has 1 fully saturated rings. The molecule has 0 saturated carbocycles. The van der Waals surface area contributed by atoms with Gasteiger partial charge < -0.3 is 25.0 Å². The Morgan fingerprint density at radius 1 is 1.09 bits per heavy atom. The Morgan fingerprint density at radius 2 is 1.84 bits per heavy atom. The van der Waals surface area contributed by atoms with Crippen molar-refractivity contribution in [3.05, 3.63) is 66.5 Å². The zero-order valence-corrected chi connectivity index (χ0v) is 18.8. The molecular weight excluding hydrogens is 404 g/mol. The van der Waals surface area contributed by atoms with Crippen LogP contribution in [0.3, 0.4) is 0 Å². The average Bonchev–Trinajstić information content (AvgIpc) is 3.54. The number of methoxy groups -OCH3 is 2. The van der Waals surface area contributed by atoms with Gasteiger partial charge in [-0.1, -0.05) is 12.1 Å². The van der Waals surface area contributed by atoms with Gasteiger partial charge in [0.05, 0.1) is 19.9 Å². The van der Waals surface area contributed by atoms with E-state index in [9.17, 15) is 0 Å². The first-order chi connectivity index (χ1) is 15.7. The number of hydrogen-bond donors (Lipinski definition) is 2. The molecule has 1 aromatic heterocycles. The molecule has 0 bridgehead atoms. The van der Waals surface area contributed by atoms with E-state index in [4.69, 9.17) is 9.47 Å². The maximum atomic E-state index is 5.41. The highest BCUT2D eigenvalue weighted by molar-refractivity contribution is 5.80. The largest absolute Gasteiger partial charge is 0.497 e. The van der Waals surface area contributed by atoms with E-state index in [2.05, 4.69) is 49.9 Å². The molecule has 1 aliphatic rings. The van der Waals surface area contributed by atoms with Gasteiger partial charge in [-0.25, -0.2) is 4.68 Å². The minimum Gasteiger partial charge on any atom is -0.497 e. The second kappa shape index (κ2) is 10.1. The SMILES string of the molecule is CN=C(NCc1ccc(-n2cccn2)cc1)NC1CCN(c2cc(OC)cc(OC)c2)C1. The summed E-state index contributed by atoms with van der Waals surface area (Å²) in [6.45, 7) is 2.54. The fraction of sp³-hybridized carbons (Fsp3) is 0.333. The first-order valence-electron chi connectivity index (χ1n) is 10.7. The van der Waals surface area contributed by atoms with Gasteiger partial charge in [0, 0.05) is 69.0 Å². The molecule has 32 heavy (non-hydrogen) atoms. The monoisotopic (exact) mass is 434 g/mol. The van der Waals surface area contributed by atoms with Crippen molar-refractivity contribution in [2.75, 3.05) is 39.3 Å². The van der Waals surface area contributed by atoms with E-state index >= 15 is 0 Å². The molecule has 1 atom stereocenters. The second-order valence-corrected chi connectivity index (χ2v) is 7.69. The fourth-order valence-electron chi connectivity index (χ4n) is 3.85. The molecule has 8 nitrogen and oxygen atoms in total. The third kappa shape index (κ3) is 5.14. The summed E-state index contributed by atoms with van der Waals surface area (Å²) in [7, 11) is 5.15. The molecule has 0 aliphatic carbocycles. The van der Waals surface area contributed by atoms with Gasteiger partial charge in [0.25, 0.3) is 0 Å². The summed E-state index contributed by atoms with van der Waals surface area (Å²) in [5, 5.41) is 11.2. The van der Waals surface area contributed by atoms with Gasteiger partial charge in [0.2, 0.25) is 0 Å². The molecule has 1 aliphatic heterocycles. The van der Waals surface area contributed by atoms with Crippen molar-refractivity contribution in [3.63, 3.8) is 0 Å². The van der Waals surface area contributed by atoms with Crippen LogP contribution in [0.5, 0.6) is 11.5 Å². The lowest BCUT2D eigenvalue weighted by atomic mass is 10.2. The number of guanidine groups is 1. The van der Waals surface area contributed by atoms with Crippen molar-refractivity contribution in [2.24, 2.45) is 4.99 Å². The highest BCUT2D eigenvalue weighted by atomic mass is 16.5. The highest BCUT2D eigenvalue weighted by Gasteiger charge is 2.24. The number of nitrogens with one attached hydrogen (secondary N) is 2. The predicted octanol–water partition coefficient (Wildman–Crippen LogP) is 2.83. The lowest BCUT2D eigenvalue weighted by Crippen LogP contribution is -2.44. The van der Waals surface area contributed by atoms with Gasteiger partial charge in [-0.05, 0) is 30.2 Å². The third-order valence-corrected chi connectivity index (χ3v) is 5.62. The topological polar surface area (TPSA) is 75.9 Å². The summed E-state index contributed by atoms with van der Waals surface area (Å²) in [4.78, 5) is 6.74. The Morgan fingerprint density at radius 3 is 2.47 bits per heavy atom. The van der Waals surface area contributed by atoms with Crippen LogP contribution in [0, 0.1) is 0 Å². The predicted molar refractivity (Wildman–Crippen MR) is 127 cm³/mol. The molecule has 168 valence electrons. The molecule has 0 radical (unpaired) electrons. The normalized spacial score (nSPS) is 16.2. The molecule has 0 spiro atoms. The maximum absolute atomic E-state index is 5.41. The maximum Gasteiger partial charge on any atom is 0.191 e. The Labute approximate surface area is 188 Å². The van der Waals surface area contributed by atoms with E-state index in [1.54, 1.807) is 27.5 Å². The van der Waals surface area contributed by atoms with Crippen LogP contribution >= 0.6 is 0 Å². The summed E-state index contributed by atoms with van der Waals surface area (Å²) >= 11 is 0. The van der Waals surface area contributed by atoms with E-state index in [0.29, 0.717) is 12.6 Å². The lowest BCUT2D eigenvalue weighted by Gasteiger charge is -2.21. The van der Waals surface area contributed by atoms with Gasteiger partial charge in [0.15, 0.2) is 5.96 Å². The van der Waals surface area contributed by atoms with E-state index in [-0.39, 0.29) is 0 Å².